The predicted octanol–water partition coefficient (Wildman–Crippen LogP) is 6.37. The van der Waals surface area contributed by atoms with Crippen LogP contribution >= 0.6 is 0 Å². The molecule has 37 heavy (non-hydrogen) atoms. The van der Waals surface area contributed by atoms with Crippen LogP contribution in [0.25, 0.3) is 11.1 Å². The molecule has 0 aliphatic carbocycles. The Hall–Kier alpha value is -3.28. The number of hydrogen-bond donors (Lipinski definition) is 1. The minimum absolute atomic E-state index is 0.0295. The number of ether oxygens (including phenoxy) is 1. The maximum atomic E-state index is 14.2. The van der Waals surface area contributed by atoms with Crippen LogP contribution in [0.4, 0.5) is 4.39 Å². The van der Waals surface area contributed by atoms with Crippen LogP contribution in [-0.2, 0) is 17.8 Å². The largest absolute Gasteiger partial charge is 0.371 e. The molecule has 0 bridgehead atoms. The predicted molar refractivity (Wildman–Crippen MR) is 146 cm³/mol. The van der Waals surface area contributed by atoms with Gasteiger partial charge in [-0.25, -0.2) is 4.39 Å². The van der Waals surface area contributed by atoms with Gasteiger partial charge in [0.25, 0.3) is 5.91 Å². The van der Waals surface area contributed by atoms with E-state index in [9.17, 15) is 9.18 Å². The van der Waals surface area contributed by atoms with Crippen molar-refractivity contribution >= 4 is 5.91 Å². The van der Waals surface area contributed by atoms with Crippen LogP contribution in [0.2, 0.25) is 0 Å². The molecule has 3 aromatic carbocycles. The number of nitrogens with zero attached hydrogens (tertiary/aromatic N) is 1. The van der Waals surface area contributed by atoms with Crippen molar-refractivity contribution in [2.45, 2.75) is 39.2 Å². The average Bonchev–Trinajstić information content (AvgIpc) is 2.94. The molecule has 0 saturated carbocycles. The molecule has 3 aromatic rings. The molecule has 1 saturated heterocycles. The quantitative estimate of drug-likeness (QED) is 0.411. The van der Waals surface area contributed by atoms with Crippen LogP contribution in [0.5, 0.6) is 0 Å². The zero-order valence-corrected chi connectivity index (χ0v) is 21.5. The summed E-state index contributed by atoms with van der Waals surface area (Å²) in [5.74, 6) is 0.166. The van der Waals surface area contributed by atoms with Crippen LogP contribution in [0.1, 0.15) is 47.7 Å². The maximum absolute atomic E-state index is 14.2. The number of fused-ring (bicyclic) bond motifs is 1. The zero-order chi connectivity index (χ0) is 25.6. The standard InChI is InChI=1S/C32H35FN2O2/c1-23-9-10-27-11-12-28(26-13-15-29(33)16-14-26)18-30(27)32(36)35(20-25-8-5-17-34-19-25)31(23)22-37-21-24-6-3-2-4-7-24/h2-4,6-7,11-16,18,25,34H,5,8-10,17,19-22H2,1H3/b31-23+. The van der Waals surface area contributed by atoms with Crippen molar-refractivity contribution in [3.8, 4) is 11.1 Å². The number of rotatable bonds is 7. The fraction of sp³-hybridized carbons (Fsp3) is 0.344. The molecule has 0 spiro atoms. The van der Waals surface area contributed by atoms with Gasteiger partial charge in [-0.2, -0.15) is 0 Å². The number of piperidine rings is 1. The molecule has 5 heteroatoms. The first-order valence-electron chi connectivity index (χ1n) is 13.3. The van der Waals surface area contributed by atoms with Crippen molar-refractivity contribution in [1.82, 2.24) is 10.2 Å². The van der Waals surface area contributed by atoms with Crippen LogP contribution in [0.3, 0.4) is 0 Å². The number of halogens is 1. The van der Waals surface area contributed by atoms with Crippen LogP contribution in [-0.4, -0.2) is 37.0 Å². The fourth-order valence-electron chi connectivity index (χ4n) is 5.35. The van der Waals surface area contributed by atoms with E-state index in [4.69, 9.17) is 4.74 Å². The summed E-state index contributed by atoms with van der Waals surface area (Å²) in [4.78, 5) is 16.2. The Morgan fingerprint density at radius 3 is 2.51 bits per heavy atom. The topological polar surface area (TPSA) is 41.6 Å². The molecule has 1 atom stereocenters. The van der Waals surface area contributed by atoms with Crippen molar-refractivity contribution in [2.24, 2.45) is 5.92 Å². The number of carbonyl (C=O) groups excluding carboxylic acids is 1. The van der Waals surface area contributed by atoms with Crippen molar-refractivity contribution in [3.05, 3.63) is 107 Å². The highest BCUT2D eigenvalue weighted by Gasteiger charge is 2.29. The first-order valence-corrected chi connectivity index (χ1v) is 13.3. The summed E-state index contributed by atoms with van der Waals surface area (Å²) in [6.45, 7) is 5.68. The molecule has 2 heterocycles. The highest BCUT2D eigenvalue weighted by Crippen LogP contribution is 2.30. The number of nitrogens with one attached hydrogen (secondary N) is 1. The zero-order valence-electron chi connectivity index (χ0n) is 21.5. The van der Waals surface area contributed by atoms with Gasteiger partial charge in [-0.15, -0.1) is 0 Å². The highest BCUT2D eigenvalue weighted by atomic mass is 19.1. The minimum Gasteiger partial charge on any atom is -0.371 e. The van der Waals surface area contributed by atoms with Crippen LogP contribution in [0.15, 0.2) is 84.1 Å². The van der Waals surface area contributed by atoms with E-state index >= 15 is 0 Å². The first-order chi connectivity index (χ1) is 18.1. The second-order valence-corrected chi connectivity index (χ2v) is 10.2. The van der Waals surface area contributed by atoms with Crippen molar-refractivity contribution < 1.29 is 13.9 Å². The summed E-state index contributed by atoms with van der Waals surface area (Å²) in [7, 11) is 0. The van der Waals surface area contributed by atoms with Crippen LogP contribution < -0.4 is 5.32 Å². The number of benzene rings is 3. The normalized spacial score (nSPS) is 20.3. The van der Waals surface area contributed by atoms with E-state index in [2.05, 4.69) is 30.4 Å². The van der Waals surface area contributed by atoms with E-state index < -0.39 is 0 Å². The molecule has 0 radical (unpaired) electrons. The summed E-state index contributed by atoms with van der Waals surface area (Å²) in [6, 6.07) is 22.7. The SMILES string of the molecule is C/C1=C(/COCc2ccccc2)N(CC2CCCNC2)C(=O)c2cc(-c3ccc(F)cc3)ccc2CC1. The maximum Gasteiger partial charge on any atom is 0.258 e. The molecule has 4 nitrogen and oxygen atoms in total. The summed E-state index contributed by atoms with van der Waals surface area (Å²) in [6.07, 6.45) is 3.91. The number of amides is 1. The number of aryl methyl sites for hydroxylation is 1. The lowest BCUT2D eigenvalue weighted by Gasteiger charge is -2.34. The van der Waals surface area contributed by atoms with Crippen molar-refractivity contribution in [1.29, 1.82) is 0 Å². The van der Waals surface area contributed by atoms with E-state index in [0.29, 0.717) is 25.7 Å². The number of allylic oxidation sites excluding steroid dienone is 1. The van der Waals surface area contributed by atoms with Gasteiger partial charge in [0.05, 0.1) is 13.2 Å². The van der Waals surface area contributed by atoms with Crippen molar-refractivity contribution in [3.63, 3.8) is 0 Å². The first kappa shape index (κ1) is 25.4. The molecule has 1 unspecified atom stereocenters. The Morgan fingerprint density at radius 2 is 1.76 bits per heavy atom. The summed E-state index contributed by atoms with van der Waals surface area (Å²) in [5, 5.41) is 3.50. The van der Waals surface area contributed by atoms with Gasteiger partial charge in [-0.05, 0) is 92.1 Å². The van der Waals surface area contributed by atoms with E-state index in [0.717, 1.165) is 72.3 Å². The smallest absolute Gasteiger partial charge is 0.258 e. The molecule has 0 aromatic heterocycles. The Labute approximate surface area is 219 Å². The van der Waals surface area contributed by atoms with E-state index in [1.54, 1.807) is 12.1 Å². The van der Waals surface area contributed by atoms with Crippen LogP contribution in [0, 0.1) is 11.7 Å². The van der Waals surface area contributed by atoms with E-state index in [1.165, 1.54) is 17.7 Å². The van der Waals surface area contributed by atoms with Crippen molar-refractivity contribution in [2.75, 3.05) is 26.2 Å². The van der Waals surface area contributed by atoms with E-state index in [1.807, 2.05) is 35.2 Å². The summed E-state index contributed by atoms with van der Waals surface area (Å²) in [5.41, 5.74) is 6.94. The van der Waals surface area contributed by atoms with Gasteiger partial charge < -0.3 is 15.0 Å². The monoisotopic (exact) mass is 498 g/mol. The molecule has 1 fully saturated rings. The summed E-state index contributed by atoms with van der Waals surface area (Å²) < 4.78 is 19.7. The lowest BCUT2D eigenvalue weighted by atomic mass is 9.91. The molecule has 192 valence electrons. The molecule has 2 aliphatic heterocycles. The highest BCUT2D eigenvalue weighted by molar-refractivity contribution is 5.98. The minimum atomic E-state index is -0.265. The lowest BCUT2D eigenvalue weighted by molar-refractivity contribution is 0.0691. The van der Waals surface area contributed by atoms with Gasteiger partial charge in [-0.1, -0.05) is 60.2 Å². The van der Waals surface area contributed by atoms with Gasteiger partial charge in [0.15, 0.2) is 0 Å². The van der Waals surface area contributed by atoms with E-state index in [-0.39, 0.29) is 11.7 Å². The Balaban J connectivity index is 1.45. The molecular formula is C32H35FN2O2. The van der Waals surface area contributed by atoms with Gasteiger partial charge in [0, 0.05) is 17.8 Å². The third-order valence-corrected chi connectivity index (χ3v) is 7.54. The fourth-order valence-corrected chi connectivity index (χ4v) is 5.35. The number of hydrogen-bond acceptors (Lipinski definition) is 3. The lowest BCUT2D eigenvalue weighted by Crippen LogP contribution is -2.42. The third kappa shape index (κ3) is 6.17. The second-order valence-electron chi connectivity index (χ2n) is 10.2. The molecule has 5 rings (SSSR count). The van der Waals surface area contributed by atoms with Gasteiger partial charge in [0.1, 0.15) is 5.82 Å². The third-order valence-electron chi connectivity index (χ3n) is 7.54. The molecular weight excluding hydrogens is 463 g/mol. The molecule has 1 N–H and O–H groups in total. The van der Waals surface area contributed by atoms with Gasteiger partial charge >= 0.3 is 0 Å². The molecule has 2 aliphatic rings. The molecule has 1 amide bonds. The Kier molecular flexibility index (Phi) is 8.12. The summed E-state index contributed by atoms with van der Waals surface area (Å²) >= 11 is 0. The Morgan fingerprint density at radius 1 is 0.973 bits per heavy atom. The Bertz CT molecular complexity index is 1250. The van der Waals surface area contributed by atoms with Gasteiger partial charge in [0.2, 0.25) is 0 Å². The van der Waals surface area contributed by atoms with Gasteiger partial charge in [-0.3, -0.25) is 4.79 Å². The average molecular weight is 499 g/mol. The second kappa shape index (κ2) is 11.8. The number of carbonyl (C=O) groups is 1.